The molecule has 1 unspecified atom stereocenters. The summed E-state index contributed by atoms with van der Waals surface area (Å²) in [4.78, 5) is 0. The van der Waals surface area contributed by atoms with Crippen LogP contribution in [0.3, 0.4) is 0 Å². The molecule has 0 amide bonds. The zero-order valence-corrected chi connectivity index (χ0v) is 13.3. The zero-order chi connectivity index (χ0) is 15.4. The third kappa shape index (κ3) is 3.64. The van der Waals surface area contributed by atoms with Gasteiger partial charge in [-0.15, -0.1) is 0 Å². The van der Waals surface area contributed by atoms with E-state index in [4.69, 9.17) is 4.74 Å². The average molecular weight is 288 g/mol. The fraction of sp³-hybridized carbons (Fsp3) is 0.471. The quantitative estimate of drug-likeness (QED) is 0.888. The Morgan fingerprint density at radius 2 is 2.10 bits per heavy atom. The van der Waals surface area contributed by atoms with Gasteiger partial charge in [0.15, 0.2) is 0 Å². The van der Waals surface area contributed by atoms with Gasteiger partial charge in [0, 0.05) is 12.7 Å². The molecule has 2 rings (SSSR count). The van der Waals surface area contributed by atoms with Gasteiger partial charge in [-0.05, 0) is 56.9 Å². The Morgan fingerprint density at radius 3 is 2.71 bits per heavy atom. The molecule has 1 atom stereocenters. The van der Waals surface area contributed by atoms with Crippen molar-refractivity contribution in [1.82, 2.24) is 9.78 Å². The Labute approximate surface area is 126 Å². The first-order valence-corrected chi connectivity index (χ1v) is 7.42. The summed E-state index contributed by atoms with van der Waals surface area (Å²) in [6, 6.07) is 7.69. The number of aliphatic hydroxyl groups is 1. The predicted molar refractivity (Wildman–Crippen MR) is 83.6 cm³/mol. The van der Waals surface area contributed by atoms with Crippen LogP contribution in [0.4, 0.5) is 0 Å². The molecule has 1 aromatic heterocycles. The van der Waals surface area contributed by atoms with Crippen molar-refractivity contribution in [2.45, 2.75) is 39.7 Å². The van der Waals surface area contributed by atoms with Crippen molar-refractivity contribution < 1.29 is 9.84 Å². The van der Waals surface area contributed by atoms with Crippen LogP contribution in [-0.4, -0.2) is 21.5 Å². The van der Waals surface area contributed by atoms with Gasteiger partial charge in [-0.25, -0.2) is 0 Å². The van der Waals surface area contributed by atoms with Crippen LogP contribution >= 0.6 is 0 Å². The molecule has 1 heterocycles. The first-order chi connectivity index (χ1) is 10.0. The SMILES string of the molecule is CCOc1cccc(C(O)CCc2c(C)nn(C)c2C)c1. The van der Waals surface area contributed by atoms with Crippen molar-refractivity contribution in [1.29, 1.82) is 0 Å². The first-order valence-electron chi connectivity index (χ1n) is 7.42. The van der Waals surface area contributed by atoms with Gasteiger partial charge in [0.05, 0.1) is 18.4 Å². The smallest absolute Gasteiger partial charge is 0.119 e. The number of aromatic nitrogens is 2. The molecule has 0 spiro atoms. The summed E-state index contributed by atoms with van der Waals surface area (Å²) in [6.45, 7) is 6.67. The maximum absolute atomic E-state index is 10.4. The maximum atomic E-state index is 10.4. The highest BCUT2D eigenvalue weighted by atomic mass is 16.5. The topological polar surface area (TPSA) is 47.3 Å². The fourth-order valence-electron chi connectivity index (χ4n) is 2.61. The van der Waals surface area contributed by atoms with Gasteiger partial charge in [0.2, 0.25) is 0 Å². The van der Waals surface area contributed by atoms with E-state index >= 15 is 0 Å². The summed E-state index contributed by atoms with van der Waals surface area (Å²) in [6.07, 6.45) is 1.03. The highest BCUT2D eigenvalue weighted by Gasteiger charge is 2.13. The summed E-state index contributed by atoms with van der Waals surface area (Å²) >= 11 is 0. The van der Waals surface area contributed by atoms with E-state index in [1.807, 2.05) is 49.8 Å². The molecule has 0 bridgehead atoms. The number of aryl methyl sites for hydroxylation is 2. The molecule has 0 aliphatic carbocycles. The van der Waals surface area contributed by atoms with Crippen LogP contribution in [0.5, 0.6) is 5.75 Å². The lowest BCUT2D eigenvalue weighted by atomic mass is 10.0. The van der Waals surface area contributed by atoms with Gasteiger partial charge in [-0.1, -0.05) is 12.1 Å². The molecule has 114 valence electrons. The number of ether oxygens (including phenoxy) is 1. The van der Waals surface area contributed by atoms with Crippen LogP contribution in [0.1, 0.15) is 42.0 Å². The average Bonchev–Trinajstić information content (AvgIpc) is 2.70. The number of aliphatic hydroxyl groups excluding tert-OH is 1. The van der Waals surface area contributed by atoms with Gasteiger partial charge in [0.1, 0.15) is 5.75 Å². The Kier molecular flexibility index (Phi) is 5.02. The minimum Gasteiger partial charge on any atom is -0.494 e. The first kappa shape index (κ1) is 15.6. The molecule has 2 aromatic rings. The lowest BCUT2D eigenvalue weighted by Gasteiger charge is -2.13. The Morgan fingerprint density at radius 1 is 1.33 bits per heavy atom. The summed E-state index contributed by atoms with van der Waals surface area (Å²) in [5, 5.41) is 14.8. The summed E-state index contributed by atoms with van der Waals surface area (Å²) in [5.41, 5.74) is 4.35. The van der Waals surface area contributed by atoms with Crippen molar-refractivity contribution in [2.24, 2.45) is 7.05 Å². The van der Waals surface area contributed by atoms with Crippen molar-refractivity contribution in [2.75, 3.05) is 6.61 Å². The molecule has 4 nitrogen and oxygen atoms in total. The number of benzene rings is 1. The predicted octanol–water partition coefficient (Wildman–Crippen LogP) is 3.10. The largest absolute Gasteiger partial charge is 0.494 e. The van der Waals surface area contributed by atoms with E-state index in [9.17, 15) is 5.11 Å². The molecule has 21 heavy (non-hydrogen) atoms. The molecule has 0 aliphatic rings. The normalized spacial score (nSPS) is 12.4. The molecule has 1 aromatic carbocycles. The van der Waals surface area contributed by atoms with Crippen LogP contribution in [-0.2, 0) is 13.5 Å². The van der Waals surface area contributed by atoms with Crippen LogP contribution in [0.2, 0.25) is 0 Å². The molecule has 0 saturated heterocycles. The van der Waals surface area contributed by atoms with Crippen LogP contribution in [0.15, 0.2) is 24.3 Å². The number of rotatable bonds is 6. The molecular formula is C17H24N2O2. The van der Waals surface area contributed by atoms with Crippen molar-refractivity contribution in [3.8, 4) is 5.75 Å². The van der Waals surface area contributed by atoms with E-state index in [-0.39, 0.29) is 0 Å². The molecule has 1 N–H and O–H groups in total. The van der Waals surface area contributed by atoms with E-state index in [0.717, 1.165) is 23.4 Å². The third-order valence-corrected chi connectivity index (χ3v) is 3.88. The molecule has 0 aliphatic heterocycles. The standard InChI is InChI=1S/C17H24N2O2/c1-5-21-15-8-6-7-14(11-15)17(20)10-9-16-12(2)18-19(4)13(16)3/h6-8,11,17,20H,5,9-10H2,1-4H3. The van der Waals surface area contributed by atoms with Crippen molar-refractivity contribution in [3.05, 3.63) is 46.8 Å². The molecule has 0 fully saturated rings. The minimum absolute atomic E-state index is 0.482. The van der Waals surface area contributed by atoms with E-state index < -0.39 is 6.10 Å². The van der Waals surface area contributed by atoms with Gasteiger partial charge in [-0.2, -0.15) is 5.10 Å². The summed E-state index contributed by atoms with van der Waals surface area (Å²) in [7, 11) is 1.95. The van der Waals surface area contributed by atoms with E-state index in [1.165, 1.54) is 11.3 Å². The maximum Gasteiger partial charge on any atom is 0.119 e. The van der Waals surface area contributed by atoms with E-state index in [1.54, 1.807) is 0 Å². The molecule has 4 heteroatoms. The second kappa shape index (κ2) is 6.76. The highest BCUT2D eigenvalue weighted by Crippen LogP contribution is 2.24. The molecule has 0 saturated carbocycles. The molecule has 0 radical (unpaired) electrons. The van der Waals surface area contributed by atoms with Crippen LogP contribution in [0, 0.1) is 13.8 Å². The monoisotopic (exact) mass is 288 g/mol. The van der Waals surface area contributed by atoms with Crippen molar-refractivity contribution in [3.63, 3.8) is 0 Å². The Hall–Kier alpha value is -1.81. The highest BCUT2D eigenvalue weighted by molar-refractivity contribution is 5.30. The van der Waals surface area contributed by atoms with Gasteiger partial charge >= 0.3 is 0 Å². The lowest BCUT2D eigenvalue weighted by molar-refractivity contribution is 0.167. The second-order valence-electron chi connectivity index (χ2n) is 5.33. The third-order valence-electron chi connectivity index (χ3n) is 3.88. The second-order valence-corrected chi connectivity index (χ2v) is 5.33. The summed E-state index contributed by atoms with van der Waals surface area (Å²) < 4.78 is 7.37. The number of hydrogen-bond donors (Lipinski definition) is 1. The van der Waals surface area contributed by atoms with Gasteiger partial charge in [0.25, 0.3) is 0 Å². The summed E-state index contributed by atoms with van der Waals surface area (Å²) in [5.74, 6) is 0.808. The van der Waals surface area contributed by atoms with E-state index in [2.05, 4.69) is 12.0 Å². The minimum atomic E-state index is -0.482. The van der Waals surface area contributed by atoms with E-state index in [0.29, 0.717) is 13.0 Å². The Balaban J connectivity index is 2.04. The number of nitrogens with zero attached hydrogens (tertiary/aromatic N) is 2. The fourth-order valence-corrected chi connectivity index (χ4v) is 2.61. The van der Waals surface area contributed by atoms with Crippen LogP contribution < -0.4 is 4.74 Å². The van der Waals surface area contributed by atoms with Crippen molar-refractivity contribution >= 4 is 0 Å². The van der Waals surface area contributed by atoms with Gasteiger partial charge in [-0.3, -0.25) is 4.68 Å². The number of hydrogen-bond acceptors (Lipinski definition) is 3. The van der Waals surface area contributed by atoms with Gasteiger partial charge < -0.3 is 9.84 Å². The zero-order valence-electron chi connectivity index (χ0n) is 13.3. The van der Waals surface area contributed by atoms with Crippen LogP contribution in [0.25, 0.3) is 0 Å². The molecular weight excluding hydrogens is 264 g/mol. The lowest BCUT2D eigenvalue weighted by Crippen LogP contribution is -2.02. The Bertz CT molecular complexity index is 605.